The second kappa shape index (κ2) is 6.72. The lowest BCUT2D eigenvalue weighted by Gasteiger charge is -2.22. The van der Waals surface area contributed by atoms with Crippen molar-refractivity contribution in [3.8, 4) is 11.1 Å². The molecule has 0 bridgehead atoms. The Hall–Kier alpha value is -2.40. The number of hydrogen-bond acceptors (Lipinski definition) is 3. The molecular formula is C21H25N3O2. The van der Waals surface area contributed by atoms with Gasteiger partial charge in [-0.1, -0.05) is 6.07 Å². The lowest BCUT2D eigenvalue weighted by Crippen LogP contribution is -2.18. The number of aryl methyl sites for hydroxylation is 3. The minimum absolute atomic E-state index is 0.0511. The van der Waals surface area contributed by atoms with Crippen molar-refractivity contribution >= 4 is 11.0 Å². The number of aromatic nitrogens is 3. The van der Waals surface area contributed by atoms with Gasteiger partial charge in [0, 0.05) is 44.5 Å². The first-order valence-corrected chi connectivity index (χ1v) is 9.34. The third kappa shape index (κ3) is 2.86. The molecule has 3 heterocycles. The van der Waals surface area contributed by atoms with Gasteiger partial charge in [0.05, 0.1) is 11.0 Å². The summed E-state index contributed by atoms with van der Waals surface area (Å²) in [6.07, 6.45) is 3.98. The standard InChI is InChI=1S/C21H25N3O2/c1-4-24-19-12-16(17-11-14(2)21(25)23(3)13-17)5-6-18(19)22-20(24)15-7-9-26-10-8-15/h5-6,11-13,15H,4,7-10H2,1-3H3. The van der Waals surface area contributed by atoms with Gasteiger partial charge in [-0.15, -0.1) is 0 Å². The summed E-state index contributed by atoms with van der Waals surface area (Å²) in [5, 5.41) is 0. The van der Waals surface area contributed by atoms with Crippen LogP contribution in [0.3, 0.4) is 0 Å². The van der Waals surface area contributed by atoms with Crippen molar-refractivity contribution in [2.24, 2.45) is 7.05 Å². The minimum atomic E-state index is 0.0511. The van der Waals surface area contributed by atoms with Crippen LogP contribution in [0.15, 0.2) is 35.3 Å². The van der Waals surface area contributed by atoms with Crippen LogP contribution in [-0.4, -0.2) is 27.3 Å². The Morgan fingerprint density at radius 2 is 1.96 bits per heavy atom. The summed E-state index contributed by atoms with van der Waals surface area (Å²) in [6, 6.07) is 8.37. The predicted octanol–water partition coefficient (Wildman–Crippen LogP) is 3.62. The molecule has 1 aliphatic heterocycles. The zero-order valence-electron chi connectivity index (χ0n) is 15.7. The van der Waals surface area contributed by atoms with Gasteiger partial charge in [-0.3, -0.25) is 4.79 Å². The summed E-state index contributed by atoms with van der Waals surface area (Å²) in [5.74, 6) is 1.65. The molecule has 0 unspecified atom stereocenters. The molecular weight excluding hydrogens is 326 g/mol. The molecule has 0 amide bonds. The van der Waals surface area contributed by atoms with Crippen molar-refractivity contribution in [2.45, 2.75) is 39.2 Å². The molecule has 0 aliphatic carbocycles. The van der Waals surface area contributed by atoms with E-state index in [1.807, 2.05) is 19.2 Å². The molecule has 3 aromatic rings. The molecule has 2 aromatic heterocycles. The van der Waals surface area contributed by atoms with Crippen LogP contribution in [0.2, 0.25) is 0 Å². The van der Waals surface area contributed by atoms with E-state index < -0.39 is 0 Å². The second-order valence-electron chi connectivity index (χ2n) is 7.13. The van der Waals surface area contributed by atoms with E-state index in [9.17, 15) is 4.79 Å². The van der Waals surface area contributed by atoms with E-state index >= 15 is 0 Å². The number of pyridine rings is 1. The Labute approximate surface area is 153 Å². The van der Waals surface area contributed by atoms with E-state index in [0.717, 1.165) is 60.3 Å². The average Bonchev–Trinajstić information content (AvgIpc) is 3.04. The summed E-state index contributed by atoms with van der Waals surface area (Å²) >= 11 is 0. The molecule has 0 atom stereocenters. The highest BCUT2D eigenvalue weighted by Gasteiger charge is 2.22. The summed E-state index contributed by atoms with van der Waals surface area (Å²) in [5.41, 5.74) is 5.19. The predicted molar refractivity (Wildman–Crippen MR) is 104 cm³/mol. The first kappa shape index (κ1) is 17.0. The van der Waals surface area contributed by atoms with E-state index in [2.05, 4.69) is 29.7 Å². The first-order chi connectivity index (χ1) is 12.6. The quantitative estimate of drug-likeness (QED) is 0.724. The largest absolute Gasteiger partial charge is 0.381 e. The smallest absolute Gasteiger partial charge is 0.253 e. The highest BCUT2D eigenvalue weighted by atomic mass is 16.5. The number of ether oxygens (including phenoxy) is 1. The number of fused-ring (bicyclic) bond motifs is 1. The first-order valence-electron chi connectivity index (χ1n) is 9.34. The fourth-order valence-electron chi connectivity index (χ4n) is 3.96. The van der Waals surface area contributed by atoms with Gasteiger partial charge in [-0.2, -0.15) is 0 Å². The maximum Gasteiger partial charge on any atom is 0.253 e. The topological polar surface area (TPSA) is 49.1 Å². The number of rotatable bonds is 3. The Bertz CT molecular complexity index is 984. The van der Waals surface area contributed by atoms with Crippen LogP contribution in [0.25, 0.3) is 22.2 Å². The summed E-state index contributed by atoms with van der Waals surface area (Å²) in [4.78, 5) is 16.9. The van der Waals surface area contributed by atoms with Gasteiger partial charge < -0.3 is 13.9 Å². The Kier molecular flexibility index (Phi) is 4.41. The van der Waals surface area contributed by atoms with Gasteiger partial charge in [0.2, 0.25) is 0 Å². The van der Waals surface area contributed by atoms with Crippen LogP contribution in [0.1, 0.15) is 37.1 Å². The van der Waals surface area contributed by atoms with Crippen molar-refractivity contribution in [2.75, 3.05) is 13.2 Å². The van der Waals surface area contributed by atoms with Crippen LogP contribution in [-0.2, 0) is 18.3 Å². The molecule has 1 saturated heterocycles. The van der Waals surface area contributed by atoms with Crippen LogP contribution in [0.4, 0.5) is 0 Å². The number of benzene rings is 1. The fourth-order valence-corrected chi connectivity index (χ4v) is 3.96. The van der Waals surface area contributed by atoms with E-state index in [1.54, 1.807) is 11.6 Å². The molecule has 4 rings (SSSR count). The zero-order valence-corrected chi connectivity index (χ0v) is 15.7. The van der Waals surface area contributed by atoms with Crippen molar-refractivity contribution in [3.05, 3.63) is 52.2 Å². The van der Waals surface area contributed by atoms with Gasteiger partial charge in [-0.25, -0.2) is 4.98 Å². The lowest BCUT2D eigenvalue weighted by atomic mass is 9.99. The Morgan fingerprint density at radius 3 is 2.65 bits per heavy atom. The molecule has 1 aromatic carbocycles. The number of imidazole rings is 1. The van der Waals surface area contributed by atoms with E-state index in [4.69, 9.17) is 9.72 Å². The molecule has 1 aliphatic rings. The van der Waals surface area contributed by atoms with Crippen LogP contribution >= 0.6 is 0 Å². The maximum atomic E-state index is 12.0. The van der Waals surface area contributed by atoms with Crippen LogP contribution in [0.5, 0.6) is 0 Å². The molecule has 0 N–H and O–H groups in total. The van der Waals surface area contributed by atoms with Gasteiger partial charge in [0.1, 0.15) is 5.82 Å². The summed E-state index contributed by atoms with van der Waals surface area (Å²) in [6.45, 7) is 6.58. The van der Waals surface area contributed by atoms with Crippen molar-refractivity contribution < 1.29 is 4.74 Å². The number of nitrogens with zero attached hydrogens (tertiary/aromatic N) is 3. The van der Waals surface area contributed by atoms with Gasteiger partial charge in [0.15, 0.2) is 0 Å². The minimum Gasteiger partial charge on any atom is -0.381 e. The molecule has 5 heteroatoms. The summed E-state index contributed by atoms with van der Waals surface area (Å²) < 4.78 is 9.50. The normalized spacial score (nSPS) is 15.7. The molecule has 26 heavy (non-hydrogen) atoms. The monoisotopic (exact) mass is 351 g/mol. The molecule has 1 fully saturated rings. The van der Waals surface area contributed by atoms with Crippen molar-refractivity contribution in [1.29, 1.82) is 0 Å². The van der Waals surface area contributed by atoms with Crippen LogP contribution in [0, 0.1) is 6.92 Å². The average molecular weight is 351 g/mol. The third-order valence-electron chi connectivity index (χ3n) is 5.38. The van der Waals surface area contributed by atoms with Gasteiger partial charge in [-0.05, 0) is 56.0 Å². The fraction of sp³-hybridized carbons (Fsp3) is 0.429. The molecule has 136 valence electrons. The zero-order chi connectivity index (χ0) is 18.3. The van der Waals surface area contributed by atoms with E-state index in [0.29, 0.717) is 5.92 Å². The molecule has 0 radical (unpaired) electrons. The third-order valence-corrected chi connectivity index (χ3v) is 5.38. The Balaban J connectivity index is 1.83. The lowest BCUT2D eigenvalue weighted by molar-refractivity contribution is 0.0829. The van der Waals surface area contributed by atoms with Gasteiger partial charge in [0.25, 0.3) is 5.56 Å². The van der Waals surface area contributed by atoms with E-state index in [1.165, 1.54) is 5.82 Å². The number of hydrogen-bond donors (Lipinski definition) is 0. The molecule has 5 nitrogen and oxygen atoms in total. The molecule has 0 spiro atoms. The van der Waals surface area contributed by atoms with Gasteiger partial charge >= 0.3 is 0 Å². The van der Waals surface area contributed by atoms with Crippen LogP contribution < -0.4 is 5.56 Å². The second-order valence-corrected chi connectivity index (χ2v) is 7.13. The summed E-state index contributed by atoms with van der Waals surface area (Å²) in [7, 11) is 1.80. The SMILES string of the molecule is CCn1c(C2CCOCC2)nc2ccc(-c3cc(C)c(=O)n(C)c3)cc21. The maximum absolute atomic E-state index is 12.0. The van der Waals surface area contributed by atoms with E-state index in [-0.39, 0.29) is 5.56 Å². The van der Waals surface area contributed by atoms with Crippen molar-refractivity contribution in [3.63, 3.8) is 0 Å². The highest BCUT2D eigenvalue weighted by molar-refractivity contribution is 5.82. The highest BCUT2D eigenvalue weighted by Crippen LogP contribution is 2.31. The molecule has 0 saturated carbocycles. The Morgan fingerprint density at radius 1 is 1.19 bits per heavy atom. The van der Waals surface area contributed by atoms with Crippen molar-refractivity contribution in [1.82, 2.24) is 14.1 Å².